The van der Waals surface area contributed by atoms with Gasteiger partial charge in [0.2, 0.25) is 10.0 Å². The van der Waals surface area contributed by atoms with Gasteiger partial charge in [-0.25, -0.2) is 18.1 Å². The van der Waals surface area contributed by atoms with Crippen molar-refractivity contribution in [3.63, 3.8) is 0 Å². The van der Waals surface area contributed by atoms with E-state index in [2.05, 4.69) is 34.2 Å². The van der Waals surface area contributed by atoms with Crippen molar-refractivity contribution in [3.8, 4) is 0 Å². The molecule has 0 spiro atoms. The van der Waals surface area contributed by atoms with Gasteiger partial charge in [-0.15, -0.1) is 0 Å². The molecule has 8 heteroatoms. The van der Waals surface area contributed by atoms with Gasteiger partial charge in [-0.2, -0.15) is 0 Å². The van der Waals surface area contributed by atoms with Crippen LogP contribution in [0.15, 0.2) is 34.2 Å². The van der Waals surface area contributed by atoms with E-state index in [0.717, 1.165) is 25.1 Å². The second kappa shape index (κ2) is 11.9. The van der Waals surface area contributed by atoms with Crippen molar-refractivity contribution in [2.45, 2.75) is 51.7 Å². The number of guanidine groups is 1. The molecule has 0 aliphatic carbocycles. The highest BCUT2D eigenvalue weighted by Gasteiger charge is 2.13. The van der Waals surface area contributed by atoms with Crippen molar-refractivity contribution in [2.75, 3.05) is 26.7 Å². The minimum absolute atomic E-state index is 0.216. The number of hydrogen-bond donors (Lipinski definition) is 3. The van der Waals surface area contributed by atoms with E-state index in [1.807, 2.05) is 19.9 Å². The molecule has 1 aromatic rings. The van der Waals surface area contributed by atoms with Crippen LogP contribution in [0.1, 0.15) is 39.7 Å². The zero-order valence-electron chi connectivity index (χ0n) is 17.1. The van der Waals surface area contributed by atoms with Crippen LogP contribution in [-0.4, -0.2) is 47.2 Å². The molecule has 0 radical (unpaired) electrons. The van der Waals surface area contributed by atoms with E-state index in [4.69, 9.17) is 4.74 Å². The predicted molar refractivity (Wildman–Crippen MR) is 110 cm³/mol. The van der Waals surface area contributed by atoms with Gasteiger partial charge in [0.25, 0.3) is 0 Å². The number of hydrogen-bond acceptors (Lipinski definition) is 4. The summed E-state index contributed by atoms with van der Waals surface area (Å²) in [5.41, 5.74) is 0.831. The highest BCUT2D eigenvalue weighted by atomic mass is 32.2. The monoisotopic (exact) mass is 398 g/mol. The molecule has 0 saturated carbocycles. The molecule has 0 amide bonds. The maximum atomic E-state index is 11.9. The fourth-order valence-electron chi connectivity index (χ4n) is 2.60. The van der Waals surface area contributed by atoms with Gasteiger partial charge in [-0.05, 0) is 50.9 Å². The van der Waals surface area contributed by atoms with Gasteiger partial charge in [-0.3, -0.25) is 0 Å². The second-order valence-corrected chi connectivity index (χ2v) is 8.39. The molecule has 154 valence electrons. The zero-order valence-corrected chi connectivity index (χ0v) is 17.9. The number of sulfonamides is 1. The quantitative estimate of drug-likeness (QED) is 0.392. The molecule has 1 unspecified atom stereocenters. The van der Waals surface area contributed by atoms with Gasteiger partial charge >= 0.3 is 0 Å². The predicted octanol–water partition coefficient (Wildman–Crippen LogP) is 2.10. The van der Waals surface area contributed by atoms with Crippen molar-refractivity contribution in [1.82, 2.24) is 15.4 Å². The third-order valence-corrected chi connectivity index (χ3v) is 5.50. The van der Waals surface area contributed by atoms with E-state index in [0.29, 0.717) is 25.0 Å². The van der Waals surface area contributed by atoms with Crippen LogP contribution in [0.25, 0.3) is 0 Å². The van der Waals surface area contributed by atoms with Crippen molar-refractivity contribution in [2.24, 2.45) is 10.9 Å². The van der Waals surface area contributed by atoms with Crippen LogP contribution in [0.5, 0.6) is 0 Å². The highest BCUT2D eigenvalue weighted by Crippen LogP contribution is 2.12. The van der Waals surface area contributed by atoms with Gasteiger partial charge in [0.05, 0.1) is 17.5 Å². The summed E-state index contributed by atoms with van der Waals surface area (Å²) in [5.74, 6) is 1.17. The second-order valence-electron chi connectivity index (χ2n) is 6.50. The first-order valence-electron chi connectivity index (χ1n) is 9.50. The maximum absolute atomic E-state index is 11.9. The first-order chi connectivity index (χ1) is 12.8. The van der Waals surface area contributed by atoms with Crippen LogP contribution in [0.4, 0.5) is 0 Å². The Balaban J connectivity index is 2.72. The third-order valence-electron chi connectivity index (χ3n) is 4.09. The molecule has 7 nitrogen and oxygen atoms in total. The van der Waals surface area contributed by atoms with E-state index >= 15 is 0 Å². The van der Waals surface area contributed by atoms with Crippen LogP contribution < -0.4 is 15.4 Å². The molecule has 0 bridgehead atoms. The van der Waals surface area contributed by atoms with Crippen molar-refractivity contribution < 1.29 is 13.2 Å². The lowest BCUT2D eigenvalue weighted by atomic mass is 10.0. The first-order valence-corrected chi connectivity index (χ1v) is 11.0. The first kappa shape index (κ1) is 23.4. The molecule has 0 heterocycles. The molecule has 27 heavy (non-hydrogen) atoms. The van der Waals surface area contributed by atoms with Crippen LogP contribution in [-0.2, 0) is 21.3 Å². The van der Waals surface area contributed by atoms with Crippen molar-refractivity contribution in [3.05, 3.63) is 29.8 Å². The lowest BCUT2D eigenvalue weighted by Crippen LogP contribution is -2.39. The Labute approximate surface area is 164 Å². The minimum Gasteiger partial charge on any atom is -0.378 e. The summed E-state index contributed by atoms with van der Waals surface area (Å²) in [6.07, 6.45) is 1.11. The average Bonchev–Trinajstić information content (AvgIpc) is 2.65. The van der Waals surface area contributed by atoms with Gasteiger partial charge in [-0.1, -0.05) is 26.0 Å². The summed E-state index contributed by atoms with van der Waals surface area (Å²) in [4.78, 5) is 4.80. The maximum Gasteiger partial charge on any atom is 0.240 e. The Morgan fingerprint density at radius 2 is 1.96 bits per heavy atom. The molecule has 0 fully saturated rings. The Hall–Kier alpha value is -1.64. The minimum atomic E-state index is -3.45. The SMILES string of the molecule is CCNC(=NCc1cccc(S(=O)(=O)NC)c1)NCCC(OCC)C(C)C. The smallest absolute Gasteiger partial charge is 0.240 e. The van der Waals surface area contributed by atoms with E-state index in [1.165, 1.54) is 7.05 Å². The van der Waals surface area contributed by atoms with Gasteiger partial charge in [0.15, 0.2) is 5.96 Å². The van der Waals surface area contributed by atoms with Crippen molar-refractivity contribution >= 4 is 16.0 Å². The summed E-state index contributed by atoms with van der Waals surface area (Å²) < 4.78 is 31.9. The lowest BCUT2D eigenvalue weighted by molar-refractivity contribution is 0.0258. The van der Waals surface area contributed by atoms with E-state index in [1.54, 1.807) is 18.2 Å². The van der Waals surface area contributed by atoms with E-state index in [-0.39, 0.29) is 11.0 Å². The van der Waals surface area contributed by atoms with Gasteiger partial charge in [0.1, 0.15) is 0 Å². The normalized spacial score (nSPS) is 13.6. The number of ether oxygens (including phenoxy) is 1. The number of nitrogens with one attached hydrogen (secondary N) is 3. The average molecular weight is 399 g/mol. The summed E-state index contributed by atoms with van der Waals surface area (Å²) in [6.45, 7) is 10.9. The third kappa shape index (κ3) is 8.28. The molecule has 0 aliphatic heterocycles. The van der Waals surface area contributed by atoms with Crippen LogP contribution >= 0.6 is 0 Å². The molecule has 1 atom stereocenters. The number of rotatable bonds is 11. The Bertz CT molecular complexity index is 690. The topological polar surface area (TPSA) is 91.8 Å². The van der Waals surface area contributed by atoms with Crippen LogP contribution in [0, 0.1) is 5.92 Å². The Kier molecular flexibility index (Phi) is 10.4. The fraction of sp³-hybridized carbons (Fsp3) is 0.632. The zero-order chi connectivity index (χ0) is 20.3. The largest absolute Gasteiger partial charge is 0.378 e. The molecule has 0 aromatic heterocycles. The van der Waals surface area contributed by atoms with Crippen LogP contribution in [0.2, 0.25) is 0 Å². The van der Waals surface area contributed by atoms with Gasteiger partial charge in [0, 0.05) is 19.7 Å². The Morgan fingerprint density at radius 1 is 1.22 bits per heavy atom. The number of nitrogens with zero attached hydrogens (tertiary/aromatic N) is 1. The summed E-state index contributed by atoms with van der Waals surface area (Å²) in [7, 11) is -2.05. The molecular weight excluding hydrogens is 364 g/mol. The van der Waals surface area contributed by atoms with Crippen LogP contribution in [0.3, 0.4) is 0 Å². The molecular formula is C19H34N4O3S. The van der Waals surface area contributed by atoms with E-state index in [9.17, 15) is 8.42 Å². The number of aliphatic imine (C=N–C) groups is 1. The van der Waals surface area contributed by atoms with Crippen molar-refractivity contribution in [1.29, 1.82) is 0 Å². The molecule has 1 rings (SSSR count). The highest BCUT2D eigenvalue weighted by molar-refractivity contribution is 7.89. The lowest BCUT2D eigenvalue weighted by Gasteiger charge is -2.21. The molecule has 1 aromatic carbocycles. The molecule has 3 N–H and O–H groups in total. The molecule has 0 aliphatic rings. The standard InChI is InChI=1S/C19H34N4O3S/c1-6-21-19(22-12-11-18(15(3)4)26-7-2)23-14-16-9-8-10-17(13-16)27(24,25)20-5/h8-10,13,15,18,20H,6-7,11-12,14H2,1-5H3,(H2,21,22,23). The summed E-state index contributed by atoms with van der Waals surface area (Å²) in [5, 5.41) is 6.53. The number of benzene rings is 1. The van der Waals surface area contributed by atoms with Gasteiger partial charge < -0.3 is 15.4 Å². The molecule has 0 saturated heterocycles. The summed E-state index contributed by atoms with van der Waals surface area (Å²) in [6, 6.07) is 6.81. The Morgan fingerprint density at radius 3 is 2.56 bits per heavy atom. The van der Waals surface area contributed by atoms with E-state index < -0.39 is 10.0 Å². The fourth-order valence-corrected chi connectivity index (χ4v) is 3.40. The summed E-state index contributed by atoms with van der Waals surface area (Å²) >= 11 is 0.